The number of nitrogens with zero attached hydrogens (tertiary/aromatic N) is 4. The van der Waals surface area contributed by atoms with Crippen LogP contribution < -0.4 is 19.5 Å². The zero-order valence-electron chi connectivity index (χ0n) is 18.9. The average molecular weight is 458 g/mol. The molecule has 0 spiro atoms. The highest BCUT2D eigenvalue weighted by Crippen LogP contribution is 2.34. The van der Waals surface area contributed by atoms with Gasteiger partial charge in [-0.25, -0.2) is 4.52 Å². The highest BCUT2D eigenvalue weighted by Gasteiger charge is 2.15. The predicted molar refractivity (Wildman–Crippen MR) is 130 cm³/mol. The maximum atomic E-state index is 5.98. The normalized spacial score (nSPS) is 15.5. The van der Waals surface area contributed by atoms with Gasteiger partial charge in [-0.15, -0.1) is 5.10 Å². The van der Waals surface area contributed by atoms with Crippen LogP contribution in [0.5, 0.6) is 17.2 Å². The first-order valence-electron chi connectivity index (χ1n) is 11.8. The smallest absolute Gasteiger partial charge is 0.247 e. The Kier molecular flexibility index (Phi) is 5.64. The molecule has 1 saturated heterocycles. The van der Waals surface area contributed by atoms with Crippen molar-refractivity contribution in [2.24, 2.45) is 0 Å². The summed E-state index contributed by atoms with van der Waals surface area (Å²) in [6.07, 6.45) is 2.59. The molecule has 6 rings (SSSR count). The van der Waals surface area contributed by atoms with Gasteiger partial charge in [0, 0.05) is 23.9 Å². The fourth-order valence-corrected chi connectivity index (χ4v) is 4.47. The number of aromatic nitrogens is 3. The average Bonchev–Trinajstić information content (AvgIpc) is 3.53. The molecule has 0 aliphatic carbocycles. The second-order valence-electron chi connectivity index (χ2n) is 8.52. The number of nitrogens with one attached hydrogen (secondary N) is 1. The van der Waals surface area contributed by atoms with Crippen LogP contribution in [0.15, 0.2) is 60.7 Å². The monoisotopic (exact) mass is 457 g/mol. The highest BCUT2D eigenvalue weighted by atomic mass is 16.6. The van der Waals surface area contributed by atoms with Crippen LogP contribution >= 0.6 is 0 Å². The summed E-state index contributed by atoms with van der Waals surface area (Å²) in [5, 5.41) is 8.03. The summed E-state index contributed by atoms with van der Waals surface area (Å²) in [7, 11) is 0. The minimum atomic E-state index is 0.527. The van der Waals surface area contributed by atoms with E-state index in [1.165, 1.54) is 25.9 Å². The summed E-state index contributed by atoms with van der Waals surface area (Å²) in [6.45, 7) is 5.14. The number of anilines is 2. The van der Waals surface area contributed by atoms with Gasteiger partial charge in [-0.1, -0.05) is 12.1 Å². The molecule has 0 bridgehead atoms. The van der Waals surface area contributed by atoms with Crippen LogP contribution in [0.2, 0.25) is 0 Å². The minimum absolute atomic E-state index is 0.527. The molecule has 34 heavy (non-hydrogen) atoms. The molecule has 0 atom stereocenters. The molecule has 2 aromatic carbocycles. The summed E-state index contributed by atoms with van der Waals surface area (Å²) in [4.78, 5) is 7.11. The van der Waals surface area contributed by atoms with E-state index in [1.54, 1.807) is 0 Å². The number of hydrogen-bond donors (Lipinski definition) is 1. The molecule has 2 aromatic heterocycles. The second-order valence-corrected chi connectivity index (χ2v) is 8.52. The van der Waals surface area contributed by atoms with Crippen molar-refractivity contribution in [1.29, 1.82) is 0 Å². The van der Waals surface area contributed by atoms with E-state index in [1.807, 2.05) is 65.2 Å². The van der Waals surface area contributed by atoms with Crippen molar-refractivity contribution in [3.63, 3.8) is 0 Å². The SMILES string of the molecule is c1cc(Nc2nc3cccc(-c4ccc5c(c4)OCCO5)n3n2)cc(OCCN2CCCC2)c1. The Bertz CT molecular complexity index is 1300. The first kappa shape index (κ1) is 20.8. The topological polar surface area (TPSA) is 73.2 Å². The molecule has 0 unspecified atom stereocenters. The molecule has 4 aromatic rings. The van der Waals surface area contributed by atoms with E-state index in [0.29, 0.717) is 25.8 Å². The summed E-state index contributed by atoms with van der Waals surface area (Å²) in [6, 6.07) is 19.8. The van der Waals surface area contributed by atoms with Gasteiger partial charge in [-0.2, -0.15) is 4.98 Å². The van der Waals surface area contributed by atoms with Crippen LogP contribution in [-0.2, 0) is 0 Å². The largest absolute Gasteiger partial charge is 0.492 e. The van der Waals surface area contributed by atoms with E-state index in [0.717, 1.165) is 46.4 Å². The van der Waals surface area contributed by atoms with Gasteiger partial charge in [0.05, 0.1) is 5.69 Å². The molecule has 8 nitrogen and oxygen atoms in total. The third kappa shape index (κ3) is 4.36. The number of rotatable bonds is 7. The lowest BCUT2D eigenvalue weighted by Crippen LogP contribution is -2.25. The number of pyridine rings is 1. The van der Waals surface area contributed by atoms with Crippen molar-refractivity contribution in [3.8, 4) is 28.5 Å². The Morgan fingerprint density at radius 3 is 2.68 bits per heavy atom. The lowest BCUT2D eigenvalue weighted by atomic mass is 10.1. The fourth-order valence-electron chi connectivity index (χ4n) is 4.47. The van der Waals surface area contributed by atoms with Gasteiger partial charge in [0.15, 0.2) is 17.1 Å². The zero-order chi connectivity index (χ0) is 22.7. The summed E-state index contributed by atoms with van der Waals surface area (Å²) >= 11 is 0. The van der Waals surface area contributed by atoms with Crippen molar-refractivity contribution in [1.82, 2.24) is 19.5 Å². The summed E-state index contributed by atoms with van der Waals surface area (Å²) in [5.41, 5.74) is 3.55. The summed E-state index contributed by atoms with van der Waals surface area (Å²) in [5.74, 6) is 2.88. The Morgan fingerprint density at radius 1 is 0.912 bits per heavy atom. The number of hydrogen-bond acceptors (Lipinski definition) is 7. The van der Waals surface area contributed by atoms with Gasteiger partial charge in [0.1, 0.15) is 25.6 Å². The standard InChI is InChI=1S/C26H27N5O3/c1-2-12-30(11-1)13-14-32-21-6-3-5-20(18-21)27-26-28-25-8-4-7-22(31(25)29-26)19-9-10-23-24(17-19)34-16-15-33-23/h3-10,17-18H,1-2,11-16H2,(H,27,29). The van der Waals surface area contributed by atoms with Crippen LogP contribution in [0.1, 0.15) is 12.8 Å². The van der Waals surface area contributed by atoms with Crippen LogP contribution in [0.3, 0.4) is 0 Å². The third-order valence-corrected chi connectivity index (χ3v) is 6.16. The van der Waals surface area contributed by atoms with Crippen LogP contribution in [0.25, 0.3) is 16.9 Å². The molecule has 2 aliphatic heterocycles. The molecule has 8 heteroatoms. The van der Waals surface area contributed by atoms with E-state index >= 15 is 0 Å². The van der Waals surface area contributed by atoms with Gasteiger partial charge >= 0.3 is 0 Å². The van der Waals surface area contributed by atoms with Gasteiger partial charge in [-0.3, -0.25) is 4.90 Å². The van der Waals surface area contributed by atoms with Gasteiger partial charge < -0.3 is 19.5 Å². The predicted octanol–water partition coefficient (Wildman–Crippen LogP) is 4.39. The lowest BCUT2D eigenvalue weighted by molar-refractivity contribution is 0.171. The van der Waals surface area contributed by atoms with Gasteiger partial charge in [0.25, 0.3) is 0 Å². The Hall–Kier alpha value is -3.78. The molecule has 0 saturated carbocycles. The van der Waals surface area contributed by atoms with Crippen molar-refractivity contribution >= 4 is 17.3 Å². The Labute approximate surface area is 198 Å². The van der Waals surface area contributed by atoms with Crippen molar-refractivity contribution in [3.05, 3.63) is 60.7 Å². The number of fused-ring (bicyclic) bond motifs is 2. The molecular weight excluding hydrogens is 430 g/mol. The zero-order valence-corrected chi connectivity index (χ0v) is 18.9. The second kappa shape index (κ2) is 9.23. The minimum Gasteiger partial charge on any atom is -0.492 e. The Balaban J connectivity index is 1.20. The molecule has 1 fully saturated rings. The molecular formula is C26H27N5O3. The number of likely N-dealkylation sites (tertiary alicyclic amines) is 1. The molecule has 1 N–H and O–H groups in total. The fraction of sp³-hybridized carbons (Fsp3) is 0.308. The van der Waals surface area contributed by atoms with Gasteiger partial charge in [0.2, 0.25) is 5.95 Å². The van der Waals surface area contributed by atoms with E-state index in [4.69, 9.17) is 19.3 Å². The molecule has 174 valence electrons. The first-order chi connectivity index (χ1) is 16.8. The van der Waals surface area contributed by atoms with Crippen LogP contribution in [0.4, 0.5) is 11.6 Å². The molecule has 0 amide bonds. The van der Waals surface area contributed by atoms with Crippen LogP contribution in [0, 0.1) is 0 Å². The van der Waals surface area contributed by atoms with Crippen LogP contribution in [-0.4, -0.2) is 59.0 Å². The van der Waals surface area contributed by atoms with Crippen molar-refractivity contribution in [2.75, 3.05) is 44.8 Å². The number of ether oxygens (including phenoxy) is 3. The first-order valence-corrected chi connectivity index (χ1v) is 11.8. The summed E-state index contributed by atoms with van der Waals surface area (Å²) < 4.78 is 19.2. The molecule has 4 heterocycles. The third-order valence-electron chi connectivity index (χ3n) is 6.16. The van der Waals surface area contributed by atoms with E-state index in [-0.39, 0.29) is 0 Å². The van der Waals surface area contributed by atoms with E-state index in [2.05, 4.69) is 15.2 Å². The van der Waals surface area contributed by atoms with E-state index in [9.17, 15) is 0 Å². The molecule has 2 aliphatic rings. The quantitative estimate of drug-likeness (QED) is 0.441. The maximum absolute atomic E-state index is 5.98. The van der Waals surface area contributed by atoms with Crippen molar-refractivity contribution < 1.29 is 14.2 Å². The van der Waals surface area contributed by atoms with Crippen molar-refractivity contribution in [2.45, 2.75) is 12.8 Å². The van der Waals surface area contributed by atoms with E-state index < -0.39 is 0 Å². The maximum Gasteiger partial charge on any atom is 0.247 e. The lowest BCUT2D eigenvalue weighted by Gasteiger charge is -2.19. The van der Waals surface area contributed by atoms with Gasteiger partial charge in [-0.05, 0) is 68.4 Å². The number of benzene rings is 2. The Morgan fingerprint density at radius 2 is 1.76 bits per heavy atom. The molecule has 0 radical (unpaired) electrons. The highest BCUT2D eigenvalue weighted by molar-refractivity contribution is 5.68.